The van der Waals surface area contributed by atoms with Crippen molar-refractivity contribution in [1.29, 1.82) is 0 Å². The van der Waals surface area contributed by atoms with Crippen molar-refractivity contribution in [3.8, 4) is 0 Å². The Kier molecular flexibility index (Phi) is 5.50. The Morgan fingerprint density at radius 3 is 2.28 bits per heavy atom. The van der Waals surface area contributed by atoms with Gasteiger partial charge in [-0.1, -0.05) is 11.8 Å². The minimum atomic E-state index is -0.432. The molecule has 1 amide bonds. The Balaban J connectivity index is 2.30. The molecule has 18 heavy (non-hydrogen) atoms. The van der Waals surface area contributed by atoms with E-state index in [-0.39, 0.29) is 11.2 Å². The standard InChI is InChI=1S/C13H23NO3S/c1-10(15)18-9-11-5-7-14(8-6-11)12(16)17-13(2,3)4/h11H,5-9H2,1-4H3. The number of thioether (sulfide) groups is 1. The van der Waals surface area contributed by atoms with E-state index in [9.17, 15) is 9.59 Å². The summed E-state index contributed by atoms with van der Waals surface area (Å²) in [7, 11) is 0. The molecule has 0 aliphatic carbocycles. The van der Waals surface area contributed by atoms with Gasteiger partial charge in [0, 0.05) is 25.8 Å². The zero-order valence-electron chi connectivity index (χ0n) is 11.7. The molecule has 1 heterocycles. The maximum atomic E-state index is 11.8. The van der Waals surface area contributed by atoms with Crippen molar-refractivity contribution in [3.63, 3.8) is 0 Å². The monoisotopic (exact) mass is 273 g/mol. The summed E-state index contributed by atoms with van der Waals surface area (Å²) in [5.74, 6) is 1.41. The number of hydrogen-bond donors (Lipinski definition) is 0. The molecule has 0 spiro atoms. The van der Waals surface area contributed by atoms with Crippen LogP contribution in [0.15, 0.2) is 0 Å². The van der Waals surface area contributed by atoms with Gasteiger partial charge in [-0.15, -0.1) is 0 Å². The van der Waals surface area contributed by atoms with Crippen LogP contribution >= 0.6 is 11.8 Å². The quantitative estimate of drug-likeness (QED) is 0.776. The van der Waals surface area contributed by atoms with Crippen LogP contribution in [0.5, 0.6) is 0 Å². The van der Waals surface area contributed by atoms with Crippen LogP contribution in [0.1, 0.15) is 40.5 Å². The van der Waals surface area contributed by atoms with E-state index in [1.165, 1.54) is 11.8 Å². The number of ether oxygens (including phenoxy) is 1. The molecule has 0 aromatic carbocycles. The molecule has 1 aliphatic rings. The highest BCUT2D eigenvalue weighted by molar-refractivity contribution is 8.13. The van der Waals surface area contributed by atoms with E-state index in [2.05, 4.69) is 0 Å². The summed E-state index contributed by atoms with van der Waals surface area (Å²) in [6.07, 6.45) is 1.69. The average molecular weight is 273 g/mol. The fourth-order valence-electron chi connectivity index (χ4n) is 1.84. The average Bonchev–Trinajstić information content (AvgIpc) is 2.24. The van der Waals surface area contributed by atoms with Gasteiger partial charge in [-0.2, -0.15) is 0 Å². The van der Waals surface area contributed by atoms with E-state index in [1.807, 2.05) is 20.8 Å². The molecule has 5 heteroatoms. The van der Waals surface area contributed by atoms with Gasteiger partial charge in [0.15, 0.2) is 5.12 Å². The number of carbonyl (C=O) groups excluding carboxylic acids is 2. The van der Waals surface area contributed by atoms with Crippen LogP contribution in [0.4, 0.5) is 4.79 Å². The fourth-order valence-corrected chi connectivity index (χ4v) is 2.65. The molecule has 0 atom stereocenters. The maximum absolute atomic E-state index is 11.8. The molecule has 1 saturated heterocycles. The van der Waals surface area contributed by atoms with Crippen LogP contribution in [0.2, 0.25) is 0 Å². The van der Waals surface area contributed by atoms with Gasteiger partial charge >= 0.3 is 6.09 Å². The molecule has 104 valence electrons. The van der Waals surface area contributed by atoms with E-state index in [1.54, 1.807) is 11.8 Å². The predicted octanol–water partition coefficient (Wildman–Crippen LogP) is 2.91. The molecule has 0 unspecified atom stereocenters. The second-order valence-electron chi connectivity index (χ2n) is 5.71. The fraction of sp³-hybridized carbons (Fsp3) is 0.846. The van der Waals surface area contributed by atoms with E-state index in [0.717, 1.165) is 31.7 Å². The van der Waals surface area contributed by atoms with E-state index in [4.69, 9.17) is 4.74 Å². The smallest absolute Gasteiger partial charge is 0.410 e. The highest BCUT2D eigenvalue weighted by Gasteiger charge is 2.26. The number of hydrogen-bond acceptors (Lipinski definition) is 4. The summed E-state index contributed by atoms with van der Waals surface area (Å²) in [6.45, 7) is 8.69. The third-order valence-electron chi connectivity index (χ3n) is 2.79. The lowest BCUT2D eigenvalue weighted by Gasteiger charge is -2.33. The predicted molar refractivity (Wildman–Crippen MR) is 73.7 cm³/mol. The summed E-state index contributed by atoms with van der Waals surface area (Å²) in [4.78, 5) is 24.5. The van der Waals surface area contributed by atoms with Crippen molar-refractivity contribution < 1.29 is 14.3 Å². The Labute approximate surface area is 113 Å². The number of likely N-dealkylation sites (tertiary alicyclic amines) is 1. The van der Waals surface area contributed by atoms with Crippen LogP contribution in [-0.2, 0) is 9.53 Å². The molecular weight excluding hydrogens is 250 g/mol. The zero-order valence-corrected chi connectivity index (χ0v) is 12.5. The first-order chi connectivity index (χ1) is 8.28. The number of rotatable bonds is 2. The van der Waals surface area contributed by atoms with Crippen LogP contribution < -0.4 is 0 Å². The number of piperidine rings is 1. The van der Waals surface area contributed by atoms with Crippen molar-refractivity contribution in [1.82, 2.24) is 4.90 Å². The molecule has 0 bridgehead atoms. The van der Waals surface area contributed by atoms with Gasteiger partial charge in [0.05, 0.1) is 0 Å². The zero-order chi connectivity index (χ0) is 13.8. The Morgan fingerprint density at radius 1 is 1.28 bits per heavy atom. The van der Waals surface area contributed by atoms with E-state index >= 15 is 0 Å². The van der Waals surface area contributed by atoms with Gasteiger partial charge in [-0.25, -0.2) is 4.79 Å². The Morgan fingerprint density at radius 2 is 1.83 bits per heavy atom. The first-order valence-electron chi connectivity index (χ1n) is 6.39. The third kappa shape index (κ3) is 5.76. The van der Waals surface area contributed by atoms with Crippen molar-refractivity contribution in [2.45, 2.75) is 46.1 Å². The molecule has 0 aromatic heterocycles. The molecular formula is C13H23NO3S. The molecule has 1 aliphatic heterocycles. The lowest BCUT2D eigenvalue weighted by atomic mass is 9.99. The third-order valence-corrected chi connectivity index (χ3v) is 3.83. The van der Waals surface area contributed by atoms with Crippen molar-refractivity contribution in [2.24, 2.45) is 5.92 Å². The SMILES string of the molecule is CC(=O)SCC1CCN(C(=O)OC(C)(C)C)CC1. The summed E-state index contributed by atoms with van der Waals surface area (Å²) in [5, 5.41) is 0.171. The highest BCUT2D eigenvalue weighted by atomic mass is 32.2. The minimum Gasteiger partial charge on any atom is -0.444 e. The van der Waals surface area contributed by atoms with Gasteiger partial charge in [-0.05, 0) is 39.5 Å². The van der Waals surface area contributed by atoms with Crippen LogP contribution in [0.25, 0.3) is 0 Å². The van der Waals surface area contributed by atoms with Gasteiger partial charge in [0.2, 0.25) is 0 Å². The lowest BCUT2D eigenvalue weighted by Crippen LogP contribution is -2.42. The molecule has 0 saturated carbocycles. The van der Waals surface area contributed by atoms with E-state index in [0.29, 0.717) is 5.92 Å². The summed E-state index contributed by atoms with van der Waals surface area (Å²) >= 11 is 1.38. The summed E-state index contributed by atoms with van der Waals surface area (Å²) in [5.41, 5.74) is -0.432. The van der Waals surface area contributed by atoms with Gasteiger partial charge in [-0.3, -0.25) is 4.79 Å². The molecule has 0 aromatic rings. The van der Waals surface area contributed by atoms with Crippen LogP contribution in [-0.4, -0.2) is 40.6 Å². The normalized spacial score (nSPS) is 17.7. The number of carbonyl (C=O) groups is 2. The molecule has 1 rings (SSSR count). The van der Waals surface area contributed by atoms with Crippen molar-refractivity contribution in [2.75, 3.05) is 18.8 Å². The first kappa shape index (κ1) is 15.3. The molecule has 0 N–H and O–H groups in total. The maximum Gasteiger partial charge on any atom is 0.410 e. The number of nitrogens with zero attached hydrogens (tertiary/aromatic N) is 1. The second-order valence-corrected chi connectivity index (χ2v) is 6.91. The second kappa shape index (κ2) is 6.45. The van der Waals surface area contributed by atoms with Crippen molar-refractivity contribution >= 4 is 23.0 Å². The molecule has 0 radical (unpaired) electrons. The van der Waals surface area contributed by atoms with Crippen LogP contribution in [0.3, 0.4) is 0 Å². The summed E-state index contributed by atoms with van der Waals surface area (Å²) < 4.78 is 5.34. The van der Waals surface area contributed by atoms with Crippen LogP contribution in [0, 0.1) is 5.92 Å². The largest absolute Gasteiger partial charge is 0.444 e. The molecule has 4 nitrogen and oxygen atoms in total. The summed E-state index contributed by atoms with van der Waals surface area (Å²) in [6, 6.07) is 0. The lowest BCUT2D eigenvalue weighted by molar-refractivity contribution is -0.109. The number of amides is 1. The minimum absolute atomic E-state index is 0.171. The Bertz CT molecular complexity index is 304. The first-order valence-corrected chi connectivity index (χ1v) is 7.38. The topological polar surface area (TPSA) is 46.6 Å². The highest BCUT2D eigenvalue weighted by Crippen LogP contribution is 2.23. The molecule has 1 fully saturated rings. The Hall–Kier alpha value is -0.710. The van der Waals surface area contributed by atoms with Gasteiger partial charge in [0.25, 0.3) is 0 Å². The van der Waals surface area contributed by atoms with Gasteiger partial charge in [0.1, 0.15) is 5.60 Å². The van der Waals surface area contributed by atoms with E-state index < -0.39 is 5.60 Å². The van der Waals surface area contributed by atoms with Gasteiger partial charge < -0.3 is 9.64 Å². The van der Waals surface area contributed by atoms with Crippen molar-refractivity contribution in [3.05, 3.63) is 0 Å².